The van der Waals surface area contributed by atoms with Crippen LogP contribution in [0.25, 0.3) is 11.3 Å². The number of amides is 1. The molecule has 1 saturated carbocycles. The van der Waals surface area contributed by atoms with E-state index in [0.29, 0.717) is 22.6 Å². The quantitative estimate of drug-likeness (QED) is 0.468. The lowest BCUT2D eigenvalue weighted by molar-refractivity contribution is 0.0694. The van der Waals surface area contributed by atoms with Crippen LogP contribution in [0.1, 0.15) is 42.7 Å². The number of benzene rings is 1. The number of hydrogen-bond acceptors (Lipinski definition) is 6. The van der Waals surface area contributed by atoms with Crippen LogP contribution in [-0.2, 0) is 5.41 Å². The second-order valence-corrected chi connectivity index (χ2v) is 9.35. The van der Waals surface area contributed by atoms with Crippen molar-refractivity contribution in [1.29, 1.82) is 0 Å². The van der Waals surface area contributed by atoms with Crippen LogP contribution in [0.15, 0.2) is 54.7 Å². The molecule has 3 N–H and O–H groups in total. The molecule has 2 aromatic heterocycles. The van der Waals surface area contributed by atoms with Crippen LogP contribution in [0.2, 0.25) is 0 Å². The van der Waals surface area contributed by atoms with Gasteiger partial charge in [0.1, 0.15) is 17.8 Å². The third-order valence-corrected chi connectivity index (χ3v) is 5.86. The summed E-state index contributed by atoms with van der Waals surface area (Å²) in [7, 11) is 0. The van der Waals surface area contributed by atoms with Gasteiger partial charge in [-0.25, -0.2) is 8.78 Å². The van der Waals surface area contributed by atoms with E-state index in [9.17, 15) is 18.7 Å². The molecule has 0 atom stereocenters. The Morgan fingerprint density at radius 3 is 2.62 bits per heavy atom. The summed E-state index contributed by atoms with van der Waals surface area (Å²) < 4.78 is 28.1. The second kappa shape index (κ2) is 9.42. The summed E-state index contributed by atoms with van der Waals surface area (Å²) in [5.74, 6) is -0.265. The summed E-state index contributed by atoms with van der Waals surface area (Å²) in [6, 6.07) is 13.3. The Labute approximate surface area is 196 Å². The summed E-state index contributed by atoms with van der Waals surface area (Å²) in [4.78, 5) is 16.5. The summed E-state index contributed by atoms with van der Waals surface area (Å²) in [5.41, 5.74) is 0.252. The number of nitrogens with one attached hydrogen (secondary N) is 2. The number of carbonyl (C=O) groups is 1. The van der Waals surface area contributed by atoms with Gasteiger partial charge in [-0.05, 0) is 63.1 Å². The molecule has 0 aliphatic heterocycles. The Morgan fingerprint density at radius 1 is 1.18 bits per heavy atom. The molecule has 0 radical (unpaired) electrons. The number of carbonyl (C=O) groups excluding carboxylic acids is 1. The zero-order valence-corrected chi connectivity index (χ0v) is 19.1. The number of hydrogen-bond donors (Lipinski definition) is 3. The highest BCUT2D eigenvalue weighted by atomic mass is 19.1. The third-order valence-electron chi connectivity index (χ3n) is 5.86. The molecule has 178 valence electrons. The van der Waals surface area contributed by atoms with E-state index in [4.69, 9.17) is 0 Å². The fourth-order valence-electron chi connectivity index (χ4n) is 4.04. The standard InChI is InChI=1S/C25H27F2N5O2/c1-24(2,34)14-30-23(33)17-6-3-5-16(11-17)20-8-9-21(32-31-20)29-15-25(12-18(26)13-25)22-19(27)7-4-10-28-22/h3-11,18,34H,12-15H2,1-2H3,(H,29,32)(H,30,33)/t18-,25-. The van der Waals surface area contributed by atoms with Crippen LogP contribution in [-0.4, -0.2) is 51.1 Å². The zero-order valence-electron chi connectivity index (χ0n) is 19.1. The van der Waals surface area contributed by atoms with E-state index >= 15 is 0 Å². The van der Waals surface area contributed by atoms with Crippen LogP contribution in [0.5, 0.6) is 0 Å². The molecule has 1 aliphatic carbocycles. The van der Waals surface area contributed by atoms with Crippen molar-refractivity contribution in [1.82, 2.24) is 20.5 Å². The number of aliphatic hydroxyl groups is 1. The number of anilines is 1. The fraction of sp³-hybridized carbons (Fsp3) is 0.360. The molecule has 1 aliphatic rings. The van der Waals surface area contributed by atoms with Crippen molar-refractivity contribution in [3.63, 3.8) is 0 Å². The minimum Gasteiger partial charge on any atom is -0.389 e. The Bertz CT molecular complexity index is 1160. The van der Waals surface area contributed by atoms with E-state index in [2.05, 4.69) is 25.8 Å². The van der Waals surface area contributed by atoms with E-state index in [1.807, 2.05) is 6.07 Å². The van der Waals surface area contributed by atoms with Crippen LogP contribution < -0.4 is 10.6 Å². The minimum atomic E-state index is -1.01. The van der Waals surface area contributed by atoms with Crippen LogP contribution in [0.3, 0.4) is 0 Å². The highest BCUT2D eigenvalue weighted by Gasteiger charge is 2.48. The molecule has 9 heteroatoms. The molecule has 1 amide bonds. The maximum atomic E-state index is 14.3. The lowest BCUT2D eigenvalue weighted by atomic mass is 9.65. The minimum absolute atomic E-state index is 0.128. The lowest BCUT2D eigenvalue weighted by Gasteiger charge is -2.44. The van der Waals surface area contributed by atoms with Crippen molar-refractivity contribution in [3.8, 4) is 11.3 Å². The molecule has 1 fully saturated rings. The van der Waals surface area contributed by atoms with Gasteiger partial charge in [0.2, 0.25) is 0 Å². The number of nitrogens with zero attached hydrogens (tertiary/aromatic N) is 3. The Hall–Kier alpha value is -3.46. The predicted molar refractivity (Wildman–Crippen MR) is 125 cm³/mol. The molecule has 0 bridgehead atoms. The predicted octanol–water partition coefficient (Wildman–Crippen LogP) is 3.66. The van der Waals surface area contributed by atoms with E-state index in [1.165, 1.54) is 18.3 Å². The van der Waals surface area contributed by atoms with E-state index in [1.54, 1.807) is 44.2 Å². The maximum absolute atomic E-state index is 14.3. The van der Waals surface area contributed by atoms with Crippen molar-refractivity contribution in [2.45, 2.75) is 43.9 Å². The van der Waals surface area contributed by atoms with Gasteiger partial charge < -0.3 is 15.7 Å². The molecule has 7 nitrogen and oxygen atoms in total. The van der Waals surface area contributed by atoms with Gasteiger partial charge in [0.15, 0.2) is 0 Å². The van der Waals surface area contributed by atoms with Gasteiger partial charge in [0.25, 0.3) is 5.91 Å². The van der Waals surface area contributed by atoms with E-state index < -0.39 is 23.0 Å². The monoisotopic (exact) mass is 467 g/mol. The maximum Gasteiger partial charge on any atom is 0.251 e. The van der Waals surface area contributed by atoms with Crippen molar-refractivity contribution < 1.29 is 18.7 Å². The first-order valence-corrected chi connectivity index (χ1v) is 11.1. The van der Waals surface area contributed by atoms with Gasteiger partial charge in [-0.1, -0.05) is 12.1 Å². The third kappa shape index (κ3) is 5.36. The van der Waals surface area contributed by atoms with Gasteiger partial charge in [0.05, 0.1) is 17.0 Å². The van der Waals surface area contributed by atoms with Crippen molar-refractivity contribution in [2.75, 3.05) is 18.4 Å². The second-order valence-electron chi connectivity index (χ2n) is 9.35. The first-order chi connectivity index (χ1) is 16.2. The first kappa shape index (κ1) is 23.7. The van der Waals surface area contributed by atoms with Crippen LogP contribution in [0.4, 0.5) is 14.6 Å². The number of rotatable bonds is 8. The van der Waals surface area contributed by atoms with Gasteiger partial charge in [-0.3, -0.25) is 9.78 Å². The van der Waals surface area contributed by atoms with Crippen molar-refractivity contribution >= 4 is 11.7 Å². The topological polar surface area (TPSA) is 100 Å². The molecule has 0 unspecified atom stereocenters. The zero-order chi connectivity index (χ0) is 24.3. The highest BCUT2D eigenvalue weighted by molar-refractivity contribution is 5.95. The molecule has 1 aromatic carbocycles. The largest absolute Gasteiger partial charge is 0.389 e. The fourth-order valence-corrected chi connectivity index (χ4v) is 4.04. The van der Waals surface area contributed by atoms with Crippen molar-refractivity contribution in [2.24, 2.45) is 0 Å². The summed E-state index contributed by atoms with van der Waals surface area (Å²) >= 11 is 0. The molecular weight excluding hydrogens is 440 g/mol. The number of pyridine rings is 1. The molecule has 4 rings (SSSR count). The number of aromatic nitrogens is 3. The summed E-state index contributed by atoms with van der Waals surface area (Å²) in [5, 5.41) is 24.1. The highest BCUT2D eigenvalue weighted by Crippen LogP contribution is 2.45. The van der Waals surface area contributed by atoms with Gasteiger partial charge >= 0.3 is 0 Å². The number of alkyl halides is 1. The van der Waals surface area contributed by atoms with Gasteiger partial charge in [-0.15, -0.1) is 10.2 Å². The first-order valence-electron chi connectivity index (χ1n) is 11.1. The smallest absolute Gasteiger partial charge is 0.251 e. The Balaban J connectivity index is 1.44. The molecule has 0 spiro atoms. The molecule has 2 heterocycles. The average Bonchev–Trinajstić information content (AvgIpc) is 2.80. The Kier molecular flexibility index (Phi) is 6.56. The molecule has 3 aromatic rings. The van der Waals surface area contributed by atoms with E-state index in [0.717, 1.165) is 0 Å². The number of halogens is 2. The van der Waals surface area contributed by atoms with Crippen molar-refractivity contribution in [3.05, 3.63) is 71.8 Å². The average molecular weight is 468 g/mol. The molecule has 0 saturated heterocycles. The molecular formula is C25H27F2N5O2. The van der Waals surface area contributed by atoms with Crippen LogP contribution in [0, 0.1) is 5.82 Å². The van der Waals surface area contributed by atoms with Gasteiger partial charge in [0, 0.05) is 35.8 Å². The van der Waals surface area contributed by atoms with Crippen LogP contribution >= 0.6 is 0 Å². The lowest BCUT2D eigenvalue weighted by Crippen LogP contribution is -2.49. The van der Waals surface area contributed by atoms with E-state index in [-0.39, 0.29) is 37.5 Å². The van der Waals surface area contributed by atoms with Gasteiger partial charge in [-0.2, -0.15) is 0 Å². The normalized spacial score (nSPS) is 19.9. The SMILES string of the molecule is CC(C)(O)CNC(=O)c1cccc(-c2ccc(NC[C@]3(c4ncccc4F)C[C@H](F)C3)nn2)c1. The summed E-state index contributed by atoms with van der Waals surface area (Å²) in [6.07, 6.45) is 0.924. The summed E-state index contributed by atoms with van der Waals surface area (Å²) in [6.45, 7) is 3.64. The molecule has 34 heavy (non-hydrogen) atoms. The Morgan fingerprint density at radius 2 is 1.97 bits per heavy atom.